The van der Waals surface area contributed by atoms with Crippen molar-refractivity contribution in [3.63, 3.8) is 0 Å². The van der Waals surface area contributed by atoms with Gasteiger partial charge in [0.1, 0.15) is 5.75 Å². The van der Waals surface area contributed by atoms with E-state index in [4.69, 9.17) is 21.4 Å². The zero-order valence-corrected chi connectivity index (χ0v) is 14.4. The van der Waals surface area contributed by atoms with Crippen molar-refractivity contribution in [1.29, 1.82) is 0 Å². The molecule has 2 aromatic carbocycles. The molecule has 0 spiro atoms. The summed E-state index contributed by atoms with van der Waals surface area (Å²) in [6.07, 6.45) is 0.680. The van der Waals surface area contributed by atoms with Crippen LogP contribution in [0.15, 0.2) is 47.5 Å². The Bertz CT molecular complexity index is 802. The molecule has 0 aliphatic carbocycles. The van der Waals surface area contributed by atoms with E-state index >= 15 is 0 Å². The smallest absolute Gasteiger partial charge is 0.344 e. The highest BCUT2D eigenvalue weighted by atomic mass is 35.5. The van der Waals surface area contributed by atoms with E-state index in [2.05, 4.69) is 9.73 Å². The first-order valence-electron chi connectivity index (χ1n) is 7.32. The lowest BCUT2D eigenvalue weighted by molar-refractivity contribution is -0.144. The van der Waals surface area contributed by atoms with E-state index in [1.54, 1.807) is 42.6 Å². The van der Waals surface area contributed by atoms with Crippen LogP contribution in [0.2, 0.25) is 5.02 Å². The van der Waals surface area contributed by atoms with Gasteiger partial charge in [0.2, 0.25) is 0 Å². The van der Waals surface area contributed by atoms with Crippen molar-refractivity contribution in [3.05, 3.63) is 58.6 Å². The van der Waals surface area contributed by atoms with Crippen LogP contribution in [0.3, 0.4) is 0 Å². The Morgan fingerprint density at radius 3 is 2.48 bits per heavy atom. The number of methoxy groups -OCH3 is 1. The maximum atomic E-state index is 11.6. The molecule has 0 unspecified atom stereocenters. The van der Waals surface area contributed by atoms with Gasteiger partial charge in [0, 0.05) is 6.21 Å². The molecular formula is C18H16ClNO5. The quantitative estimate of drug-likeness (QED) is 0.626. The van der Waals surface area contributed by atoms with Crippen LogP contribution < -0.4 is 4.74 Å². The molecule has 0 aliphatic heterocycles. The van der Waals surface area contributed by atoms with Gasteiger partial charge in [-0.25, -0.2) is 9.59 Å². The average Bonchev–Trinajstić information content (AvgIpc) is 2.61. The topological polar surface area (TPSA) is 85.2 Å². The molecule has 130 valence electrons. The summed E-state index contributed by atoms with van der Waals surface area (Å²) >= 11 is 5.96. The Labute approximate surface area is 149 Å². The number of aliphatic imine (C=N–C) groups is 1. The number of ether oxygens (including phenoxy) is 2. The van der Waals surface area contributed by atoms with E-state index in [0.29, 0.717) is 16.5 Å². The van der Waals surface area contributed by atoms with Gasteiger partial charge in [-0.1, -0.05) is 11.6 Å². The molecule has 0 saturated carbocycles. The molecule has 2 aromatic rings. The minimum atomic E-state index is -1.03. The van der Waals surface area contributed by atoms with Crippen LogP contribution in [0.1, 0.15) is 22.8 Å². The highest BCUT2D eigenvalue weighted by molar-refractivity contribution is 6.33. The zero-order valence-electron chi connectivity index (χ0n) is 13.6. The highest BCUT2D eigenvalue weighted by Crippen LogP contribution is 2.23. The van der Waals surface area contributed by atoms with Gasteiger partial charge in [0.25, 0.3) is 0 Å². The Balaban J connectivity index is 2.12. The van der Waals surface area contributed by atoms with Gasteiger partial charge in [0.05, 0.1) is 23.4 Å². The lowest BCUT2D eigenvalue weighted by Gasteiger charge is -2.09. The fourth-order valence-corrected chi connectivity index (χ4v) is 2.09. The summed E-state index contributed by atoms with van der Waals surface area (Å²) < 4.78 is 9.92. The molecule has 25 heavy (non-hydrogen) atoms. The summed E-state index contributed by atoms with van der Waals surface area (Å²) in [6.45, 7) is 1.46. The molecule has 0 radical (unpaired) electrons. The van der Waals surface area contributed by atoms with Crippen molar-refractivity contribution in [3.8, 4) is 5.75 Å². The lowest BCUT2D eigenvalue weighted by Crippen LogP contribution is -2.22. The van der Waals surface area contributed by atoms with Gasteiger partial charge in [0.15, 0.2) is 6.10 Å². The van der Waals surface area contributed by atoms with Crippen LogP contribution in [0.4, 0.5) is 5.69 Å². The van der Waals surface area contributed by atoms with E-state index in [1.807, 2.05) is 0 Å². The molecule has 0 bridgehead atoms. The van der Waals surface area contributed by atoms with E-state index in [-0.39, 0.29) is 5.56 Å². The first kappa shape index (κ1) is 18.5. The van der Waals surface area contributed by atoms with Gasteiger partial charge in [-0.05, 0) is 55.0 Å². The molecule has 2 rings (SSSR count). The number of carbonyl (C=O) groups is 2. The molecule has 0 amide bonds. The van der Waals surface area contributed by atoms with Gasteiger partial charge < -0.3 is 14.6 Å². The maximum Gasteiger partial charge on any atom is 0.344 e. The summed E-state index contributed by atoms with van der Waals surface area (Å²) in [5.74, 6) is -1.11. The average molecular weight is 362 g/mol. The van der Waals surface area contributed by atoms with E-state index in [0.717, 1.165) is 5.56 Å². The van der Waals surface area contributed by atoms with Gasteiger partial charge in [-0.15, -0.1) is 0 Å². The lowest BCUT2D eigenvalue weighted by atomic mass is 10.2. The third kappa shape index (κ3) is 5.06. The van der Waals surface area contributed by atoms with Crippen molar-refractivity contribution in [1.82, 2.24) is 0 Å². The minimum Gasteiger partial charge on any atom is -0.479 e. The normalized spacial score (nSPS) is 12.0. The largest absolute Gasteiger partial charge is 0.479 e. The number of halogens is 1. The van der Waals surface area contributed by atoms with Crippen LogP contribution in [0.25, 0.3) is 0 Å². The number of benzene rings is 2. The summed E-state index contributed by atoms with van der Waals surface area (Å²) in [5, 5.41) is 9.11. The van der Waals surface area contributed by atoms with Crippen LogP contribution in [0.5, 0.6) is 5.75 Å². The monoisotopic (exact) mass is 361 g/mol. The number of aliphatic carboxylic acids is 1. The second-order valence-electron chi connectivity index (χ2n) is 5.08. The molecule has 0 fully saturated rings. The van der Waals surface area contributed by atoms with Crippen molar-refractivity contribution in [2.24, 2.45) is 4.99 Å². The Hall–Kier alpha value is -2.86. The second-order valence-corrected chi connectivity index (χ2v) is 5.49. The van der Waals surface area contributed by atoms with Crippen LogP contribution >= 0.6 is 11.6 Å². The first-order chi connectivity index (χ1) is 11.9. The van der Waals surface area contributed by atoms with Crippen LogP contribution in [-0.2, 0) is 9.53 Å². The predicted molar refractivity (Wildman–Crippen MR) is 94.2 cm³/mol. The predicted octanol–water partition coefficient (Wildman–Crippen LogP) is 3.73. The van der Waals surface area contributed by atoms with Crippen LogP contribution in [-0.4, -0.2) is 36.5 Å². The number of nitrogens with zero attached hydrogens (tertiary/aromatic N) is 1. The minimum absolute atomic E-state index is 0.241. The van der Waals surface area contributed by atoms with E-state index in [1.165, 1.54) is 20.1 Å². The van der Waals surface area contributed by atoms with Crippen molar-refractivity contribution in [2.75, 3.05) is 7.11 Å². The molecule has 0 aliphatic rings. The molecule has 1 atom stereocenters. The van der Waals surface area contributed by atoms with Crippen molar-refractivity contribution in [2.45, 2.75) is 13.0 Å². The molecule has 0 heterocycles. The second kappa shape index (κ2) is 8.30. The zero-order chi connectivity index (χ0) is 18.4. The highest BCUT2D eigenvalue weighted by Gasteiger charge is 2.12. The summed E-state index contributed by atoms with van der Waals surface area (Å²) in [4.78, 5) is 26.7. The first-order valence-corrected chi connectivity index (χ1v) is 7.70. The van der Waals surface area contributed by atoms with Gasteiger partial charge >= 0.3 is 11.9 Å². The fraction of sp³-hybridized carbons (Fsp3) is 0.167. The molecule has 6 nitrogen and oxygen atoms in total. The Morgan fingerprint density at radius 2 is 1.88 bits per heavy atom. The van der Waals surface area contributed by atoms with Gasteiger partial charge in [-0.3, -0.25) is 4.99 Å². The number of esters is 1. The van der Waals surface area contributed by atoms with Gasteiger partial charge in [-0.2, -0.15) is 0 Å². The van der Waals surface area contributed by atoms with Crippen LogP contribution in [0, 0.1) is 0 Å². The molecule has 0 aromatic heterocycles. The number of hydrogen-bond donors (Lipinski definition) is 1. The van der Waals surface area contributed by atoms with E-state index < -0.39 is 18.0 Å². The third-order valence-corrected chi connectivity index (χ3v) is 3.59. The number of hydrogen-bond acceptors (Lipinski definition) is 5. The Morgan fingerprint density at radius 1 is 1.20 bits per heavy atom. The molecule has 0 saturated heterocycles. The fourth-order valence-electron chi connectivity index (χ4n) is 1.90. The molecule has 7 heteroatoms. The number of rotatable bonds is 6. The number of carboxylic acid groups (broad SMARTS) is 1. The summed E-state index contributed by atoms with van der Waals surface area (Å²) in [5.41, 5.74) is 1.57. The SMILES string of the molecule is COC(=O)c1cc(N=Cc2ccc(O[C@H](C)C(=O)O)cc2)ccc1Cl. The summed E-state index contributed by atoms with van der Waals surface area (Å²) in [7, 11) is 1.28. The Kier molecular flexibility index (Phi) is 6.14. The number of carbonyl (C=O) groups excluding carboxylic acids is 1. The number of carboxylic acids is 1. The third-order valence-electron chi connectivity index (χ3n) is 3.26. The standard InChI is InChI=1S/C18H16ClNO5/c1-11(17(21)22)25-14-6-3-12(4-7-14)10-20-13-5-8-16(19)15(9-13)18(23)24-2/h3-11H,1-2H3,(H,21,22)/t11-/m1/s1. The van der Waals surface area contributed by atoms with Crippen molar-refractivity contribution < 1.29 is 24.2 Å². The molecular weight excluding hydrogens is 346 g/mol. The molecule has 1 N–H and O–H groups in total. The maximum absolute atomic E-state index is 11.6. The van der Waals surface area contributed by atoms with Crippen molar-refractivity contribution >= 4 is 35.4 Å². The van der Waals surface area contributed by atoms with E-state index in [9.17, 15) is 9.59 Å². The summed E-state index contributed by atoms with van der Waals surface area (Å²) in [6, 6.07) is 11.6.